The van der Waals surface area contributed by atoms with Gasteiger partial charge in [-0.1, -0.05) is 49.4 Å². The molecule has 2 rings (SSSR count). The van der Waals surface area contributed by atoms with Crippen molar-refractivity contribution < 1.29 is 9.84 Å². The molecule has 0 saturated heterocycles. The Bertz CT molecular complexity index is 537. The monoisotopic (exact) mass is 271 g/mol. The van der Waals surface area contributed by atoms with Crippen molar-refractivity contribution in [3.8, 4) is 5.75 Å². The van der Waals surface area contributed by atoms with Crippen LogP contribution in [0.1, 0.15) is 36.1 Å². The van der Waals surface area contributed by atoms with E-state index in [4.69, 9.17) is 15.6 Å². The molecular formula is C17H21NO2. The summed E-state index contributed by atoms with van der Waals surface area (Å²) in [5, 5.41) is 9.02. The minimum Gasteiger partial charge on any atom is -0.489 e. The van der Waals surface area contributed by atoms with Crippen LogP contribution < -0.4 is 10.5 Å². The maximum Gasteiger partial charge on any atom is 0.124 e. The van der Waals surface area contributed by atoms with Gasteiger partial charge < -0.3 is 15.6 Å². The first-order chi connectivity index (χ1) is 9.74. The number of rotatable bonds is 6. The number of aliphatic hydroxyl groups is 1. The van der Waals surface area contributed by atoms with Gasteiger partial charge in [-0.2, -0.15) is 0 Å². The first-order valence-electron chi connectivity index (χ1n) is 6.90. The first-order valence-corrected chi connectivity index (χ1v) is 6.90. The van der Waals surface area contributed by atoms with Crippen molar-refractivity contribution in [3.05, 3.63) is 65.2 Å². The summed E-state index contributed by atoms with van der Waals surface area (Å²) in [6, 6.07) is 15.6. The lowest BCUT2D eigenvalue weighted by Gasteiger charge is -2.15. The molecule has 106 valence electrons. The van der Waals surface area contributed by atoms with Gasteiger partial charge in [0.05, 0.1) is 6.61 Å². The van der Waals surface area contributed by atoms with Crippen molar-refractivity contribution in [1.82, 2.24) is 0 Å². The minimum absolute atomic E-state index is 0.00275. The molecule has 3 nitrogen and oxygen atoms in total. The summed E-state index contributed by atoms with van der Waals surface area (Å²) in [6.45, 7) is 2.63. The SMILES string of the molecule is CC[C@@H](N)c1ccccc1OCc1ccc(CO)cc1. The molecule has 2 aromatic rings. The fourth-order valence-electron chi connectivity index (χ4n) is 2.04. The Morgan fingerprint density at radius 3 is 2.35 bits per heavy atom. The van der Waals surface area contributed by atoms with Crippen LogP contribution in [-0.4, -0.2) is 5.11 Å². The number of benzene rings is 2. The quantitative estimate of drug-likeness (QED) is 0.848. The van der Waals surface area contributed by atoms with Crippen LogP contribution in [0.2, 0.25) is 0 Å². The number of para-hydroxylation sites is 1. The average Bonchev–Trinajstić information content (AvgIpc) is 2.53. The van der Waals surface area contributed by atoms with E-state index in [1.165, 1.54) is 0 Å². The molecule has 1 atom stereocenters. The van der Waals surface area contributed by atoms with Crippen molar-refractivity contribution in [2.75, 3.05) is 0 Å². The van der Waals surface area contributed by atoms with E-state index >= 15 is 0 Å². The smallest absolute Gasteiger partial charge is 0.124 e. The van der Waals surface area contributed by atoms with Crippen molar-refractivity contribution in [2.24, 2.45) is 5.73 Å². The van der Waals surface area contributed by atoms with Gasteiger partial charge in [-0.05, 0) is 23.6 Å². The molecule has 0 spiro atoms. The zero-order valence-electron chi connectivity index (χ0n) is 11.8. The van der Waals surface area contributed by atoms with E-state index in [9.17, 15) is 0 Å². The number of hydrogen-bond donors (Lipinski definition) is 2. The molecule has 0 aliphatic carbocycles. The lowest BCUT2D eigenvalue weighted by atomic mass is 10.0. The van der Waals surface area contributed by atoms with Gasteiger partial charge in [-0.15, -0.1) is 0 Å². The average molecular weight is 271 g/mol. The van der Waals surface area contributed by atoms with E-state index in [0.29, 0.717) is 6.61 Å². The van der Waals surface area contributed by atoms with Gasteiger partial charge in [0.1, 0.15) is 12.4 Å². The zero-order valence-corrected chi connectivity index (χ0v) is 11.8. The van der Waals surface area contributed by atoms with Crippen LogP contribution in [0.25, 0.3) is 0 Å². The van der Waals surface area contributed by atoms with Crippen LogP contribution in [0.4, 0.5) is 0 Å². The fourth-order valence-corrected chi connectivity index (χ4v) is 2.04. The van der Waals surface area contributed by atoms with E-state index in [2.05, 4.69) is 6.92 Å². The molecule has 0 aromatic heterocycles. The second-order valence-electron chi connectivity index (χ2n) is 4.82. The van der Waals surface area contributed by atoms with Crippen molar-refractivity contribution in [1.29, 1.82) is 0 Å². The van der Waals surface area contributed by atoms with E-state index in [-0.39, 0.29) is 12.6 Å². The third-order valence-corrected chi connectivity index (χ3v) is 3.36. The Hall–Kier alpha value is -1.84. The largest absolute Gasteiger partial charge is 0.489 e. The van der Waals surface area contributed by atoms with E-state index in [0.717, 1.165) is 28.9 Å². The topological polar surface area (TPSA) is 55.5 Å². The van der Waals surface area contributed by atoms with Crippen molar-refractivity contribution in [3.63, 3.8) is 0 Å². The summed E-state index contributed by atoms with van der Waals surface area (Å²) in [6.07, 6.45) is 0.881. The molecule has 0 unspecified atom stereocenters. The summed E-state index contributed by atoms with van der Waals surface area (Å²) in [4.78, 5) is 0. The van der Waals surface area contributed by atoms with Crippen LogP contribution in [0.5, 0.6) is 5.75 Å². The number of hydrogen-bond acceptors (Lipinski definition) is 3. The molecule has 3 N–H and O–H groups in total. The van der Waals surface area contributed by atoms with Crippen LogP contribution in [0.15, 0.2) is 48.5 Å². The molecule has 0 heterocycles. The Labute approximate surface area is 120 Å². The molecule has 0 radical (unpaired) electrons. The van der Waals surface area contributed by atoms with Gasteiger partial charge in [-0.3, -0.25) is 0 Å². The summed E-state index contributed by atoms with van der Waals surface area (Å²) in [5.41, 5.74) is 9.11. The third-order valence-electron chi connectivity index (χ3n) is 3.36. The third kappa shape index (κ3) is 3.59. The predicted molar refractivity (Wildman–Crippen MR) is 80.4 cm³/mol. The Balaban J connectivity index is 2.06. The van der Waals surface area contributed by atoms with Crippen LogP contribution in [0.3, 0.4) is 0 Å². The molecule has 0 bridgehead atoms. The second kappa shape index (κ2) is 7.08. The summed E-state index contributed by atoms with van der Waals surface area (Å²) in [7, 11) is 0. The maximum atomic E-state index is 9.02. The van der Waals surface area contributed by atoms with Crippen LogP contribution >= 0.6 is 0 Å². The molecule has 0 saturated carbocycles. The molecule has 0 fully saturated rings. The lowest BCUT2D eigenvalue weighted by molar-refractivity contribution is 0.281. The van der Waals surface area contributed by atoms with Crippen LogP contribution in [0, 0.1) is 0 Å². The van der Waals surface area contributed by atoms with E-state index < -0.39 is 0 Å². The second-order valence-corrected chi connectivity index (χ2v) is 4.82. The van der Waals surface area contributed by atoms with Gasteiger partial charge in [0.2, 0.25) is 0 Å². The zero-order chi connectivity index (χ0) is 14.4. The Morgan fingerprint density at radius 2 is 1.70 bits per heavy atom. The van der Waals surface area contributed by atoms with Crippen molar-refractivity contribution in [2.45, 2.75) is 32.6 Å². The van der Waals surface area contributed by atoms with Gasteiger partial charge in [0, 0.05) is 11.6 Å². The molecule has 0 amide bonds. The standard InChI is InChI=1S/C17H21NO2/c1-2-16(18)15-5-3-4-6-17(15)20-12-14-9-7-13(11-19)8-10-14/h3-10,16,19H,2,11-12,18H2,1H3/t16-/m1/s1. The molecule has 0 aliphatic heterocycles. The predicted octanol–water partition coefficient (Wildman–Crippen LogP) is 3.17. The molecular weight excluding hydrogens is 250 g/mol. The molecule has 2 aromatic carbocycles. The summed E-state index contributed by atoms with van der Waals surface area (Å²) >= 11 is 0. The normalized spacial score (nSPS) is 12.2. The number of nitrogens with two attached hydrogens (primary N) is 1. The summed E-state index contributed by atoms with van der Waals surface area (Å²) < 4.78 is 5.88. The highest BCUT2D eigenvalue weighted by atomic mass is 16.5. The first kappa shape index (κ1) is 14.6. The van der Waals surface area contributed by atoms with Crippen molar-refractivity contribution >= 4 is 0 Å². The minimum atomic E-state index is 0.00275. The van der Waals surface area contributed by atoms with Gasteiger partial charge >= 0.3 is 0 Å². The highest BCUT2D eigenvalue weighted by Crippen LogP contribution is 2.26. The van der Waals surface area contributed by atoms with Crippen LogP contribution in [-0.2, 0) is 13.2 Å². The number of aliphatic hydroxyl groups excluding tert-OH is 1. The highest BCUT2D eigenvalue weighted by molar-refractivity contribution is 5.36. The maximum absolute atomic E-state index is 9.02. The van der Waals surface area contributed by atoms with E-state index in [1.807, 2.05) is 48.5 Å². The Morgan fingerprint density at radius 1 is 1.05 bits per heavy atom. The fraction of sp³-hybridized carbons (Fsp3) is 0.294. The highest BCUT2D eigenvalue weighted by Gasteiger charge is 2.09. The lowest BCUT2D eigenvalue weighted by Crippen LogP contribution is -2.10. The molecule has 20 heavy (non-hydrogen) atoms. The number of ether oxygens (including phenoxy) is 1. The van der Waals surface area contributed by atoms with Gasteiger partial charge in [0.25, 0.3) is 0 Å². The van der Waals surface area contributed by atoms with E-state index in [1.54, 1.807) is 0 Å². The van der Waals surface area contributed by atoms with Gasteiger partial charge in [0.15, 0.2) is 0 Å². The summed E-state index contributed by atoms with van der Waals surface area (Å²) in [5.74, 6) is 0.841. The molecule has 3 heteroatoms. The molecule has 0 aliphatic rings. The van der Waals surface area contributed by atoms with Gasteiger partial charge in [-0.25, -0.2) is 0 Å². The Kier molecular flexibility index (Phi) is 5.16.